The second-order valence-corrected chi connectivity index (χ2v) is 7.69. The van der Waals surface area contributed by atoms with Crippen LogP contribution in [0.15, 0.2) is 0 Å². The summed E-state index contributed by atoms with van der Waals surface area (Å²) in [6.45, 7) is 5.41. The normalized spacial score (nSPS) is 24.3. The number of nitrogens with one attached hydrogen (secondary N) is 1. The molecule has 1 aliphatic heterocycles. The molecule has 0 aliphatic carbocycles. The largest absolute Gasteiger partial charge is 0.316 e. The Bertz CT molecular complexity index is 370. The summed E-state index contributed by atoms with van der Waals surface area (Å²) in [5.74, 6) is 0.564. The van der Waals surface area contributed by atoms with Gasteiger partial charge in [-0.05, 0) is 25.8 Å². The maximum atomic E-state index is 12.3. The number of Topliss-reactive ketones (excluding diaryl/α,β-unsaturated/α-hetero) is 1. The molecule has 0 amide bonds. The summed E-state index contributed by atoms with van der Waals surface area (Å²) in [5.41, 5.74) is -0.218. The minimum atomic E-state index is -2.94. The maximum absolute atomic E-state index is 12.3. The lowest BCUT2D eigenvalue weighted by Gasteiger charge is -2.26. The van der Waals surface area contributed by atoms with E-state index in [0.29, 0.717) is 12.8 Å². The minimum absolute atomic E-state index is 0.144. The second-order valence-electron chi connectivity index (χ2n) is 5.22. The standard InChI is InChI=1S/C13H25NO3S/c1-3-7-13(8-9-14-11-13)12(15)6-5-10-18(16,17)4-2/h14H,3-11H2,1-2H3. The van der Waals surface area contributed by atoms with Gasteiger partial charge in [-0.25, -0.2) is 8.42 Å². The van der Waals surface area contributed by atoms with Crippen LogP contribution in [0.1, 0.15) is 46.0 Å². The number of sulfone groups is 1. The van der Waals surface area contributed by atoms with E-state index < -0.39 is 9.84 Å². The van der Waals surface area contributed by atoms with Crippen LogP contribution in [0.3, 0.4) is 0 Å². The number of ketones is 1. The molecule has 1 saturated heterocycles. The zero-order chi connectivity index (χ0) is 13.6. The fourth-order valence-electron chi connectivity index (χ4n) is 2.68. The predicted molar refractivity (Wildman–Crippen MR) is 73.4 cm³/mol. The van der Waals surface area contributed by atoms with Crippen LogP contribution < -0.4 is 5.32 Å². The number of carbonyl (C=O) groups excluding carboxylic acids is 1. The zero-order valence-corrected chi connectivity index (χ0v) is 12.3. The Morgan fingerprint density at radius 2 is 2.06 bits per heavy atom. The number of hydrogen-bond acceptors (Lipinski definition) is 4. The molecule has 1 rings (SSSR count). The minimum Gasteiger partial charge on any atom is -0.316 e. The molecule has 4 nitrogen and oxygen atoms in total. The van der Waals surface area contributed by atoms with Gasteiger partial charge in [-0.2, -0.15) is 0 Å². The molecule has 1 heterocycles. The van der Waals surface area contributed by atoms with Crippen molar-refractivity contribution in [3.8, 4) is 0 Å². The molecule has 1 unspecified atom stereocenters. The number of carbonyl (C=O) groups is 1. The molecule has 18 heavy (non-hydrogen) atoms. The molecule has 0 saturated carbocycles. The first-order chi connectivity index (χ1) is 8.46. The van der Waals surface area contributed by atoms with Crippen LogP contribution in [0.25, 0.3) is 0 Å². The SMILES string of the molecule is CCCC1(C(=O)CCCS(=O)(=O)CC)CCNC1. The van der Waals surface area contributed by atoms with Crippen LogP contribution in [0.4, 0.5) is 0 Å². The summed E-state index contributed by atoms with van der Waals surface area (Å²) in [6.07, 6.45) is 3.70. The molecule has 1 fully saturated rings. The summed E-state index contributed by atoms with van der Waals surface area (Å²) in [6, 6.07) is 0. The molecule has 1 aliphatic rings. The number of rotatable bonds is 8. The van der Waals surface area contributed by atoms with Gasteiger partial charge in [-0.3, -0.25) is 4.79 Å². The molecular weight excluding hydrogens is 250 g/mol. The fourth-order valence-corrected chi connectivity index (χ4v) is 3.55. The lowest BCUT2D eigenvalue weighted by molar-refractivity contribution is -0.128. The highest BCUT2D eigenvalue weighted by atomic mass is 32.2. The smallest absolute Gasteiger partial charge is 0.150 e. The van der Waals surface area contributed by atoms with Crippen molar-refractivity contribution in [3.05, 3.63) is 0 Å². The first-order valence-corrected chi connectivity index (χ1v) is 8.72. The van der Waals surface area contributed by atoms with Crippen molar-refractivity contribution < 1.29 is 13.2 Å². The molecule has 0 aromatic carbocycles. The van der Waals surface area contributed by atoms with Gasteiger partial charge in [0.25, 0.3) is 0 Å². The van der Waals surface area contributed by atoms with E-state index in [4.69, 9.17) is 0 Å². The van der Waals surface area contributed by atoms with E-state index in [-0.39, 0.29) is 22.7 Å². The third-order valence-electron chi connectivity index (χ3n) is 3.86. The quantitative estimate of drug-likeness (QED) is 0.730. The third-order valence-corrected chi connectivity index (χ3v) is 5.65. The molecule has 106 valence electrons. The van der Waals surface area contributed by atoms with Gasteiger partial charge in [0.1, 0.15) is 15.6 Å². The van der Waals surface area contributed by atoms with E-state index in [1.54, 1.807) is 6.92 Å². The summed E-state index contributed by atoms with van der Waals surface area (Å²) < 4.78 is 22.8. The van der Waals surface area contributed by atoms with Crippen LogP contribution in [0.2, 0.25) is 0 Å². The van der Waals surface area contributed by atoms with Crippen LogP contribution in [-0.2, 0) is 14.6 Å². The van der Waals surface area contributed by atoms with Gasteiger partial charge in [0, 0.05) is 24.1 Å². The van der Waals surface area contributed by atoms with Crippen LogP contribution >= 0.6 is 0 Å². The zero-order valence-electron chi connectivity index (χ0n) is 11.5. The topological polar surface area (TPSA) is 63.2 Å². The van der Waals surface area contributed by atoms with Gasteiger partial charge < -0.3 is 5.32 Å². The third kappa shape index (κ3) is 4.05. The molecule has 0 bridgehead atoms. The van der Waals surface area contributed by atoms with Gasteiger partial charge >= 0.3 is 0 Å². The average Bonchev–Trinajstić information content (AvgIpc) is 2.79. The monoisotopic (exact) mass is 275 g/mol. The highest BCUT2D eigenvalue weighted by Gasteiger charge is 2.39. The van der Waals surface area contributed by atoms with Crippen molar-refractivity contribution in [1.82, 2.24) is 5.32 Å². The van der Waals surface area contributed by atoms with Crippen molar-refractivity contribution in [1.29, 1.82) is 0 Å². The Balaban J connectivity index is 2.48. The van der Waals surface area contributed by atoms with Gasteiger partial charge in [0.05, 0.1) is 5.75 Å². The molecule has 0 aromatic heterocycles. The van der Waals surface area contributed by atoms with E-state index in [1.807, 2.05) is 0 Å². The van der Waals surface area contributed by atoms with E-state index in [0.717, 1.165) is 32.4 Å². The van der Waals surface area contributed by atoms with Crippen molar-refractivity contribution in [3.63, 3.8) is 0 Å². The second kappa shape index (κ2) is 6.66. The lowest BCUT2D eigenvalue weighted by atomic mass is 9.77. The van der Waals surface area contributed by atoms with E-state index >= 15 is 0 Å². The molecule has 0 spiro atoms. The van der Waals surface area contributed by atoms with Crippen molar-refractivity contribution >= 4 is 15.6 Å². The van der Waals surface area contributed by atoms with Gasteiger partial charge in [0.2, 0.25) is 0 Å². The maximum Gasteiger partial charge on any atom is 0.150 e. The molecule has 5 heteroatoms. The van der Waals surface area contributed by atoms with Crippen molar-refractivity contribution in [2.45, 2.75) is 46.0 Å². The molecule has 0 aromatic rings. The van der Waals surface area contributed by atoms with Crippen molar-refractivity contribution in [2.24, 2.45) is 5.41 Å². The number of hydrogen-bond donors (Lipinski definition) is 1. The molecule has 1 atom stereocenters. The van der Waals surface area contributed by atoms with Gasteiger partial charge in [0.15, 0.2) is 0 Å². The van der Waals surface area contributed by atoms with Crippen LogP contribution in [-0.4, -0.2) is 38.8 Å². The summed E-state index contributed by atoms with van der Waals surface area (Å²) in [4.78, 5) is 12.3. The van der Waals surface area contributed by atoms with Crippen LogP contribution in [0, 0.1) is 5.41 Å². The average molecular weight is 275 g/mol. The van der Waals surface area contributed by atoms with E-state index in [2.05, 4.69) is 12.2 Å². The Kier molecular flexibility index (Phi) is 5.79. The molecular formula is C13H25NO3S. The fraction of sp³-hybridized carbons (Fsp3) is 0.923. The van der Waals surface area contributed by atoms with Crippen molar-refractivity contribution in [2.75, 3.05) is 24.6 Å². The highest BCUT2D eigenvalue weighted by molar-refractivity contribution is 7.91. The first-order valence-electron chi connectivity index (χ1n) is 6.90. The first kappa shape index (κ1) is 15.6. The molecule has 1 N–H and O–H groups in total. The predicted octanol–water partition coefficient (Wildman–Crippen LogP) is 1.55. The Morgan fingerprint density at radius 1 is 1.33 bits per heavy atom. The van der Waals surface area contributed by atoms with E-state index in [1.165, 1.54) is 0 Å². The summed E-state index contributed by atoms with van der Waals surface area (Å²) in [5, 5.41) is 3.26. The Hall–Kier alpha value is -0.420. The van der Waals surface area contributed by atoms with Gasteiger partial charge in [-0.15, -0.1) is 0 Å². The summed E-state index contributed by atoms with van der Waals surface area (Å²) >= 11 is 0. The van der Waals surface area contributed by atoms with Crippen LogP contribution in [0.5, 0.6) is 0 Å². The summed E-state index contributed by atoms with van der Waals surface area (Å²) in [7, 11) is -2.94. The molecule has 0 radical (unpaired) electrons. The van der Waals surface area contributed by atoms with E-state index in [9.17, 15) is 13.2 Å². The van der Waals surface area contributed by atoms with Gasteiger partial charge in [-0.1, -0.05) is 20.3 Å². The highest BCUT2D eigenvalue weighted by Crippen LogP contribution is 2.33. The Labute approximate surface area is 110 Å². The Morgan fingerprint density at radius 3 is 2.56 bits per heavy atom. The lowest BCUT2D eigenvalue weighted by Crippen LogP contribution is -2.33.